The van der Waals surface area contributed by atoms with Gasteiger partial charge in [-0.1, -0.05) is 12.1 Å². The number of urea groups is 1. The molecule has 0 aliphatic carbocycles. The molecule has 1 aliphatic heterocycles. The van der Waals surface area contributed by atoms with E-state index in [2.05, 4.69) is 55.8 Å². The van der Waals surface area contributed by atoms with Gasteiger partial charge < -0.3 is 10.1 Å². The van der Waals surface area contributed by atoms with Crippen molar-refractivity contribution in [2.24, 2.45) is 0 Å². The van der Waals surface area contributed by atoms with Crippen molar-refractivity contribution < 1.29 is 18.7 Å². The van der Waals surface area contributed by atoms with Gasteiger partial charge in [0.25, 0.3) is 5.91 Å². The van der Waals surface area contributed by atoms with Gasteiger partial charge in [0.2, 0.25) is 0 Å². The van der Waals surface area contributed by atoms with E-state index in [-0.39, 0.29) is 11.5 Å². The molecule has 0 bridgehead atoms. The molecule has 0 aromatic heterocycles. The maximum absolute atomic E-state index is 12.9. The van der Waals surface area contributed by atoms with Gasteiger partial charge >= 0.3 is 6.03 Å². The Morgan fingerprint density at radius 1 is 1.04 bits per heavy atom. The van der Waals surface area contributed by atoms with Crippen molar-refractivity contribution in [1.29, 1.82) is 0 Å². The molecule has 0 spiro atoms. The maximum atomic E-state index is 12.9. The predicted molar refractivity (Wildman–Crippen MR) is 107 cm³/mol. The molecule has 2 aromatic rings. The lowest BCUT2D eigenvalue weighted by Crippen LogP contribution is -2.22. The van der Waals surface area contributed by atoms with E-state index >= 15 is 0 Å². The molecule has 2 N–H and O–H groups in total. The molecule has 3 rings (SSSR count). The first-order valence-corrected chi connectivity index (χ1v) is 9.28. The molecule has 8 heteroatoms. The van der Waals surface area contributed by atoms with Crippen LogP contribution in [-0.4, -0.2) is 11.9 Å². The van der Waals surface area contributed by atoms with E-state index in [1.54, 1.807) is 18.2 Å². The highest BCUT2D eigenvalue weighted by molar-refractivity contribution is 14.1. The molecule has 25 heavy (non-hydrogen) atoms. The Morgan fingerprint density at radius 2 is 1.68 bits per heavy atom. The van der Waals surface area contributed by atoms with Crippen LogP contribution in [-0.2, 0) is 11.4 Å². The molecule has 1 heterocycles. The number of hydrogen-bond donors (Lipinski definition) is 2. The number of ether oxygens (including phenoxy) is 1. The van der Waals surface area contributed by atoms with Crippen LogP contribution in [0.4, 0.5) is 9.18 Å². The summed E-state index contributed by atoms with van der Waals surface area (Å²) in [6.07, 6.45) is 1.61. The molecule has 1 saturated heterocycles. The molecule has 128 valence electrons. The zero-order chi connectivity index (χ0) is 18.0. The summed E-state index contributed by atoms with van der Waals surface area (Å²) in [5.74, 6) is -0.0208. The molecular weight excluding hydrogens is 553 g/mol. The van der Waals surface area contributed by atoms with E-state index in [0.29, 0.717) is 12.4 Å². The molecule has 5 nitrogen and oxygen atoms in total. The molecule has 2 aromatic carbocycles. The highest BCUT2D eigenvalue weighted by Gasteiger charge is 2.23. The van der Waals surface area contributed by atoms with Crippen molar-refractivity contribution in [3.8, 4) is 5.75 Å². The van der Waals surface area contributed by atoms with Crippen LogP contribution >= 0.6 is 45.2 Å². The summed E-state index contributed by atoms with van der Waals surface area (Å²) in [6, 6.07) is 9.32. The Labute approximate surface area is 170 Å². The number of nitrogens with one attached hydrogen (secondary N) is 2. The van der Waals surface area contributed by atoms with E-state index < -0.39 is 11.9 Å². The SMILES string of the molecule is O=C1NC(=O)/C(=C\c2cc(I)c(OCc3ccc(F)cc3)c(I)c2)N1. The smallest absolute Gasteiger partial charge is 0.326 e. The zero-order valence-corrected chi connectivity index (χ0v) is 16.9. The standard InChI is InChI=1S/C17H11FI2N2O3/c18-11-3-1-9(2-4-11)8-25-15-12(19)5-10(6-13(15)20)7-14-16(23)22-17(24)21-14/h1-7H,8H2,(H2,21,22,23,24)/b14-7+. The minimum atomic E-state index is -0.528. The monoisotopic (exact) mass is 564 g/mol. The van der Waals surface area contributed by atoms with E-state index in [1.165, 1.54) is 12.1 Å². The van der Waals surface area contributed by atoms with Crippen molar-refractivity contribution in [2.45, 2.75) is 6.61 Å². The van der Waals surface area contributed by atoms with Gasteiger partial charge in [-0.05, 0) is 86.7 Å². The number of amides is 3. The third-order valence-corrected chi connectivity index (χ3v) is 4.95. The van der Waals surface area contributed by atoms with Gasteiger partial charge in [-0.25, -0.2) is 9.18 Å². The van der Waals surface area contributed by atoms with Gasteiger partial charge in [0.15, 0.2) is 0 Å². The molecule has 0 unspecified atom stereocenters. The fourth-order valence-corrected chi connectivity index (χ4v) is 4.31. The van der Waals surface area contributed by atoms with Crippen molar-refractivity contribution in [3.05, 3.63) is 66.2 Å². The maximum Gasteiger partial charge on any atom is 0.326 e. The Kier molecular flexibility index (Phi) is 5.57. The molecule has 0 atom stereocenters. The number of carbonyl (C=O) groups excluding carboxylic acids is 2. The highest BCUT2D eigenvalue weighted by atomic mass is 127. The van der Waals surface area contributed by atoms with Crippen LogP contribution in [0.2, 0.25) is 0 Å². The first-order chi connectivity index (χ1) is 11.9. The molecule has 1 fully saturated rings. The lowest BCUT2D eigenvalue weighted by Gasteiger charge is -2.12. The number of hydrogen-bond acceptors (Lipinski definition) is 3. The third kappa shape index (κ3) is 4.48. The molecule has 1 aliphatic rings. The minimum absolute atomic E-state index is 0.205. The van der Waals surface area contributed by atoms with E-state index in [9.17, 15) is 14.0 Å². The van der Waals surface area contributed by atoms with E-state index in [0.717, 1.165) is 18.3 Å². The van der Waals surface area contributed by atoms with E-state index in [1.807, 2.05) is 12.1 Å². The van der Waals surface area contributed by atoms with Crippen molar-refractivity contribution in [2.75, 3.05) is 0 Å². The number of halogens is 3. The van der Waals surface area contributed by atoms with Crippen molar-refractivity contribution in [1.82, 2.24) is 10.6 Å². The Bertz CT molecular complexity index is 859. The van der Waals surface area contributed by atoms with Gasteiger partial charge in [-0.3, -0.25) is 10.1 Å². The second-order valence-electron chi connectivity index (χ2n) is 5.20. The topological polar surface area (TPSA) is 67.4 Å². The first-order valence-electron chi connectivity index (χ1n) is 7.12. The van der Waals surface area contributed by atoms with Crippen LogP contribution in [0, 0.1) is 13.0 Å². The summed E-state index contributed by atoms with van der Waals surface area (Å²) in [5.41, 5.74) is 1.84. The van der Waals surface area contributed by atoms with Crippen LogP contribution in [0.1, 0.15) is 11.1 Å². The highest BCUT2D eigenvalue weighted by Crippen LogP contribution is 2.30. The first kappa shape index (κ1) is 18.1. The Balaban J connectivity index is 1.78. The van der Waals surface area contributed by atoms with Gasteiger partial charge in [-0.15, -0.1) is 0 Å². The van der Waals surface area contributed by atoms with Crippen molar-refractivity contribution in [3.63, 3.8) is 0 Å². The van der Waals surface area contributed by atoms with Gasteiger partial charge in [0, 0.05) is 0 Å². The summed E-state index contributed by atoms with van der Waals surface area (Å²) in [6.45, 7) is 0.325. The molecule has 3 amide bonds. The second-order valence-corrected chi connectivity index (χ2v) is 7.52. The fourth-order valence-electron chi connectivity index (χ4n) is 2.19. The van der Waals surface area contributed by atoms with Crippen LogP contribution in [0.25, 0.3) is 6.08 Å². The van der Waals surface area contributed by atoms with Crippen LogP contribution < -0.4 is 15.4 Å². The Morgan fingerprint density at radius 3 is 2.24 bits per heavy atom. The van der Waals surface area contributed by atoms with Crippen LogP contribution in [0.5, 0.6) is 5.75 Å². The predicted octanol–water partition coefficient (Wildman–Crippen LogP) is 3.79. The van der Waals surface area contributed by atoms with Crippen LogP contribution in [0.15, 0.2) is 42.1 Å². The normalized spacial score (nSPS) is 15.2. The fraction of sp³-hybridized carbons (Fsp3) is 0.0588. The van der Waals surface area contributed by atoms with Gasteiger partial charge in [0.05, 0.1) is 7.14 Å². The molecule has 0 radical (unpaired) electrons. The van der Waals surface area contributed by atoms with Gasteiger partial charge in [-0.2, -0.15) is 0 Å². The van der Waals surface area contributed by atoms with Crippen LogP contribution in [0.3, 0.4) is 0 Å². The number of imide groups is 1. The third-order valence-electron chi connectivity index (χ3n) is 3.35. The average Bonchev–Trinajstić information content (AvgIpc) is 2.86. The zero-order valence-electron chi connectivity index (χ0n) is 12.6. The summed E-state index contributed by atoms with van der Waals surface area (Å²) in [7, 11) is 0. The average molecular weight is 564 g/mol. The Hall–Kier alpha value is -1.69. The second kappa shape index (κ2) is 7.68. The number of rotatable bonds is 4. The van der Waals surface area contributed by atoms with Crippen molar-refractivity contribution >= 4 is 63.2 Å². The minimum Gasteiger partial charge on any atom is -0.487 e. The van der Waals surface area contributed by atoms with E-state index in [4.69, 9.17) is 4.74 Å². The largest absolute Gasteiger partial charge is 0.487 e. The molecular formula is C17H11FI2N2O3. The van der Waals surface area contributed by atoms with Gasteiger partial charge in [0.1, 0.15) is 23.9 Å². The lowest BCUT2D eigenvalue weighted by molar-refractivity contribution is -0.115. The quantitative estimate of drug-likeness (QED) is 0.338. The number of benzene rings is 2. The summed E-state index contributed by atoms with van der Waals surface area (Å²) >= 11 is 4.30. The summed E-state index contributed by atoms with van der Waals surface area (Å²) in [4.78, 5) is 22.7. The summed E-state index contributed by atoms with van der Waals surface area (Å²) < 4.78 is 20.5. The molecule has 0 saturated carbocycles. The summed E-state index contributed by atoms with van der Waals surface area (Å²) in [5, 5.41) is 4.61. The lowest BCUT2D eigenvalue weighted by atomic mass is 10.2. The number of carbonyl (C=O) groups is 2.